The Morgan fingerprint density at radius 1 is 1.07 bits per heavy atom. The van der Waals surface area contributed by atoms with E-state index in [2.05, 4.69) is 10.6 Å². The first-order valence-electron chi connectivity index (χ1n) is 8.50. The fourth-order valence-corrected chi connectivity index (χ4v) is 2.72. The van der Waals surface area contributed by atoms with E-state index in [0.29, 0.717) is 27.9 Å². The maximum atomic E-state index is 12.5. The maximum Gasteiger partial charge on any atom is 0.282 e. The highest BCUT2D eigenvalue weighted by atomic mass is 35.5. The minimum atomic E-state index is -0.425. The van der Waals surface area contributed by atoms with Gasteiger partial charge in [0.1, 0.15) is 0 Å². The lowest BCUT2D eigenvalue weighted by atomic mass is 10.2. The van der Waals surface area contributed by atoms with Crippen LogP contribution < -0.4 is 25.0 Å². The Bertz CT molecular complexity index is 841. The second kappa shape index (κ2) is 8.28. The predicted molar refractivity (Wildman–Crippen MR) is 102 cm³/mol. The van der Waals surface area contributed by atoms with Gasteiger partial charge in [-0.25, -0.2) is 0 Å². The summed E-state index contributed by atoms with van der Waals surface area (Å²) in [5, 5.41) is 6.23. The lowest BCUT2D eigenvalue weighted by Crippen LogP contribution is -3.14. The van der Waals surface area contributed by atoms with E-state index in [9.17, 15) is 9.59 Å². The van der Waals surface area contributed by atoms with Gasteiger partial charge < -0.3 is 25.0 Å². The van der Waals surface area contributed by atoms with Crippen LogP contribution in [0.5, 0.6) is 11.5 Å². The molecule has 2 atom stereocenters. The molecule has 2 aromatic rings. The van der Waals surface area contributed by atoms with Crippen LogP contribution in [0.1, 0.15) is 6.92 Å². The minimum Gasteiger partial charge on any atom is -0.454 e. The van der Waals surface area contributed by atoms with E-state index >= 15 is 0 Å². The highest BCUT2D eigenvalue weighted by Gasteiger charge is 2.24. The van der Waals surface area contributed by atoms with Crippen LogP contribution in [-0.4, -0.2) is 38.2 Å². The number of halogens is 1. The molecule has 0 bridgehead atoms. The van der Waals surface area contributed by atoms with Crippen LogP contribution >= 0.6 is 11.6 Å². The summed E-state index contributed by atoms with van der Waals surface area (Å²) in [6.45, 7) is 2.10. The van der Waals surface area contributed by atoms with Crippen LogP contribution in [0.25, 0.3) is 0 Å². The Hall–Kier alpha value is -2.77. The highest BCUT2D eigenvalue weighted by molar-refractivity contribution is 6.30. The number of hydrogen-bond acceptors (Lipinski definition) is 4. The van der Waals surface area contributed by atoms with Gasteiger partial charge in [-0.05, 0) is 43.3 Å². The third-order valence-corrected chi connectivity index (χ3v) is 4.59. The number of amides is 2. The summed E-state index contributed by atoms with van der Waals surface area (Å²) in [6.07, 6.45) is 0. The van der Waals surface area contributed by atoms with Crippen LogP contribution in [0.3, 0.4) is 0 Å². The SMILES string of the molecule is C[C@H](C(=O)Nc1ccc2c(c1)OCO2)[NH+](C)CC(=O)Nc1ccc(Cl)cc1. The number of fused-ring (bicyclic) bond motifs is 1. The van der Waals surface area contributed by atoms with E-state index in [1.54, 1.807) is 56.4 Å². The summed E-state index contributed by atoms with van der Waals surface area (Å²) in [5.41, 5.74) is 1.28. The number of anilines is 2. The molecule has 0 fully saturated rings. The van der Waals surface area contributed by atoms with Crippen molar-refractivity contribution in [3.05, 3.63) is 47.5 Å². The van der Waals surface area contributed by atoms with Gasteiger partial charge in [0.15, 0.2) is 24.1 Å². The second-order valence-electron chi connectivity index (χ2n) is 6.36. The normalized spacial score (nSPS) is 14.3. The average molecular weight is 391 g/mol. The van der Waals surface area contributed by atoms with Crippen molar-refractivity contribution in [2.75, 3.05) is 31.0 Å². The summed E-state index contributed by atoms with van der Waals surface area (Å²) < 4.78 is 10.6. The van der Waals surface area contributed by atoms with Gasteiger partial charge in [-0.15, -0.1) is 0 Å². The third kappa shape index (κ3) is 4.90. The standard InChI is InChI=1S/C19H20ClN3O4/c1-12(19(25)22-15-7-8-16-17(9-15)27-11-26-16)23(2)10-18(24)21-14-5-3-13(20)4-6-14/h3-9,12H,10-11H2,1-2H3,(H,21,24)(H,22,25)/p+1/t12-/m1/s1. The molecule has 7 nitrogen and oxygen atoms in total. The molecule has 142 valence electrons. The molecule has 1 aliphatic heterocycles. The number of nitrogens with one attached hydrogen (secondary N) is 3. The van der Waals surface area contributed by atoms with Gasteiger partial charge in [0.2, 0.25) is 6.79 Å². The van der Waals surface area contributed by atoms with Crippen molar-refractivity contribution in [2.45, 2.75) is 13.0 Å². The van der Waals surface area contributed by atoms with Crippen LogP contribution in [0.15, 0.2) is 42.5 Å². The Morgan fingerprint density at radius 2 is 1.74 bits per heavy atom. The van der Waals surface area contributed by atoms with Crippen LogP contribution in [-0.2, 0) is 9.59 Å². The average Bonchev–Trinajstić information content (AvgIpc) is 3.10. The van der Waals surface area contributed by atoms with Crippen molar-refractivity contribution in [1.82, 2.24) is 0 Å². The molecule has 1 aliphatic rings. The van der Waals surface area contributed by atoms with Crippen molar-refractivity contribution in [3.63, 3.8) is 0 Å². The van der Waals surface area contributed by atoms with E-state index in [1.165, 1.54) is 0 Å². The number of hydrogen-bond donors (Lipinski definition) is 3. The molecule has 0 saturated carbocycles. The Balaban J connectivity index is 1.52. The van der Waals surface area contributed by atoms with Crippen LogP contribution in [0.2, 0.25) is 5.02 Å². The molecule has 0 aromatic heterocycles. The molecule has 2 aromatic carbocycles. The summed E-state index contributed by atoms with van der Waals surface area (Å²) in [6, 6.07) is 11.7. The molecule has 1 heterocycles. The van der Waals surface area contributed by atoms with Gasteiger partial charge in [0, 0.05) is 22.5 Å². The largest absolute Gasteiger partial charge is 0.454 e. The van der Waals surface area contributed by atoms with Gasteiger partial charge in [0.05, 0.1) is 7.05 Å². The molecule has 3 rings (SSSR count). The van der Waals surface area contributed by atoms with Crippen molar-refractivity contribution < 1.29 is 24.0 Å². The first kappa shape index (κ1) is 19.0. The summed E-state index contributed by atoms with van der Waals surface area (Å²) in [7, 11) is 1.80. The zero-order valence-corrected chi connectivity index (χ0v) is 15.8. The van der Waals surface area contributed by atoms with E-state index < -0.39 is 6.04 Å². The van der Waals surface area contributed by atoms with Gasteiger partial charge >= 0.3 is 0 Å². The first-order chi connectivity index (χ1) is 12.9. The van der Waals surface area contributed by atoms with E-state index in [4.69, 9.17) is 21.1 Å². The fourth-order valence-electron chi connectivity index (χ4n) is 2.59. The number of rotatable bonds is 6. The highest BCUT2D eigenvalue weighted by Crippen LogP contribution is 2.34. The molecular weight excluding hydrogens is 370 g/mol. The summed E-state index contributed by atoms with van der Waals surface area (Å²) in [4.78, 5) is 25.4. The van der Waals surface area contributed by atoms with Crippen molar-refractivity contribution in [3.8, 4) is 11.5 Å². The smallest absolute Gasteiger partial charge is 0.282 e. The maximum absolute atomic E-state index is 12.5. The Labute approximate surface area is 162 Å². The molecule has 0 saturated heterocycles. The zero-order valence-electron chi connectivity index (χ0n) is 15.0. The second-order valence-corrected chi connectivity index (χ2v) is 6.79. The minimum absolute atomic E-state index is 0.151. The molecule has 8 heteroatoms. The van der Waals surface area contributed by atoms with Crippen molar-refractivity contribution in [1.29, 1.82) is 0 Å². The van der Waals surface area contributed by atoms with Crippen LogP contribution in [0, 0.1) is 0 Å². The van der Waals surface area contributed by atoms with E-state index in [1.807, 2.05) is 0 Å². The number of ether oxygens (including phenoxy) is 2. The third-order valence-electron chi connectivity index (χ3n) is 4.34. The monoisotopic (exact) mass is 390 g/mol. The molecule has 27 heavy (non-hydrogen) atoms. The van der Waals surface area contributed by atoms with Crippen molar-refractivity contribution in [2.24, 2.45) is 0 Å². The molecule has 0 spiro atoms. The Morgan fingerprint density at radius 3 is 2.48 bits per heavy atom. The van der Waals surface area contributed by atoms with Gasteiger partial charge in [0.25, 0.3) is 11.8 Å². The number of likely N-dealkylation sites (N-methyl/N-ethyl adjacent to an activating group) is 1. The lowest BCUT2D eigenvalue weighted by Gasteiger charge is -2.20. The lowest BCUT2D eigenvalue weighted by molar-refractivity contribution is -0.885. The topological polar surface area (TPSA) is 81.1 Å². The number of carbonyl (C=O) groups excluding carboxylic acids is 2. The number of benzene rings is 2. The fraction of sp³-hybridized carbons (Fsp3) is 0.263. The van der Waals surface area contributed by atoms with E-state index in [0.717, 1.165) is 4.90 Å². The molecular formula is C19H21ClN3O4+. The van der Waals surface area contributed by atoms with E-state index in [-0.39, 0.29) is 25.2 Å². The summed E-state index contributed by atoms with van der Waals surface area (Å²) >= 11 is 5.83. The zero-order chi connectivity index (χ0) is 19.4. The number of quaternary nitrogens is 1. The molecule has 1 unspecified atom stereocenters. The predicted octanol–water partition coefficient (Wildman–Crippen LogP) is 1.55. The van der Waals surface area contributed by atoms with Gasteiger partial charge in [-0.3, -0.25) is 9.59 Å². The van der Waals surface area contributed by atoms with Gasteiger partial charge in [-0.2, -0.15) is 0 Å². The quantitative estimate of drug-likeness (QED) is 0.699. The summed E-state index contributed by atoms with van der Waals surface area (Å²) in [5.74, 6) is 0.884. The van der Waals surface area contributed by atoms with Crippen molar-refractivity contribution >= 4 is 34.8 Å². The molecule has 0 radical (unpaired) electrons. The number of carbonyl (C=O) groups is 2. The molecule has 2 amide bonds. The Kier molecular flexibility index (Phi) is 5.83. The first-order valence-corrected chi connectivity index (χ1v) is 8.88. The molecule has 3 N–H and O–H groups in total. The van der Waals surface area contributed by atoms with Gasteiger partial charge in [-0.1, -0.05) is 11.6 Å². The molecule has 0 aliphatic carbocycles. The van der Waals surface area contributed by atoms with Crippen LogP contribution in [0.4, 0.5) is 11.4 Å².